The molecule has 4 nitrogen and oxygen atoms in total. The maximum Gasteiger partial charge on any atom is 0.164 e. The molecule has 3 aliphatic rings. The largest absolute Gasteiger partial charge is 0.386 e. The molecule has 4 heteroatoms. The third kappa shape index (κ3) is 1.29. The summed E-state index contributed by atoms with van der Waals surface area (Å²) in [7, 11) is 0. The molecule has 0 amide bonds. The number of fused-ring (bicyclic) bond motifs is 3. The van der Waals surface area contributed by atoms with E-state index in [0.29, 0.717) is 6.61 Å². The van der Waals surface area contributed by atoms with E-state index in [-0.39, 0.29) is 17.8 Å². The lowest BCUT2D eigenvalue weighted by atomic mass is 9.85. The fourth-order valence-corrected chi connectivity index (χ4v) is 2.51. The number of hydrogen-bond acceptors (Lipinski definition) is 4. The van der Waals surface area contributed by atoms with Crippen LogP contribution >= 0.6 is 0 Å². The van der Waals surface area contributed by atoms with Gasteiger partial charge < -0.3 is 19.3 Å². The van der Waals surface area contributed by atoms with E-state index in [2.05, 4.69) is 0 Å². The van der Waals surface area contributed by atoms with Crippen molar-refractivity contribution in [1.82, 2.24) is 0 Å². The second-order valence-electron chi connectivity index (χ2n) is 5.14. The Labute approximate surface area is 88.8 Å². The van der Waals surface area contributed by atoms with Crippen LogP contribution in [-0.4, -0.2) is 41.4 Å². The van der Waals surface area contributed by atoms with Gasteiger partial charge in [-0.3, -0.25) is 0 Å². The van der Waals surface area contributed by atoms with Crippen LogP contribution in [-0.2, 0) is 14.2 Å². The Balaban J connectivity index is 1.93. The summed E-state index contributed by atoms with van der Waals surface area (Å²) < 4.78 is 17.0. The number of rotatable bonds is 0. The molecule has 2 aliphatic heterocycles. The summed E-state index contributed by atoms with van der Waals surface area (Å²) in [6, 6.07) is 0. The summed E-state index contributed by atoms with van der Waals surface area (Å²) in [6.45, 7) is 6.30. The van der Waals surface area contributed by atoms with Crippen LogP contribution in [0.5, 0.6) is 0 Å². The molecule has 0 bridgehead atoms. The number of epoxide rings is 1. The van der Waals surface area contributed by atoms with E-state index in [1.807, 2.05) is 20.8 Å². The molecule has 84 valence electrons. The summed E-state index contributed by atoms with van der Waals surface area (Å²) in [6.07, 6.45) is 1.10. The highest BCUT2D eigenvalue weighted by Gasteiger charge is 2.66. The van der Waals surface area contributed by atoms with Gasteiger partial charge in [-0.15, -0.1) is 0 Å². The molecule has 0 radical (unpaired) electrons. The normalized spacial score (nSPS) is 51.5. The molecule has 1 N–H and O–H groups in total. The predicted octanol–water partition coefficient (Wildman–Crippen LogP) is 0.596. The molecule has 4 atom stereocenters. The minimum absolute atomic E-state index is 0.0744. The van der Waals surface area contributed by atoms with Gasteiger partial charge in [0.1, 0.15) is 23.9 Å². The number of ether oxygens (including phenoxy) is 3. The van der Waals surface area contributed by atoms with Crippen molar-refractivity contribution in [3.8, 4) is 0 Å². The van der Waals surface area contributed by atoms with Crippen molar-refractivity contribution in [3.63, 3.8) is 0 Å². The lowest BCUT2D eigenvalue weighted by Gasteiger charge is -2.41. The van der Waals surface area contributed by atoms with E-state index in [0.717, 1.165) is 5.57 Å². The smallest absolute Gasteiger partial charge is 0.164 e. The van der Waals surface area contributed by atoms with Crippen molar-refractivity contribution in [1.29, 1.82) is 0 Å². The molecule has 0 spiro atoms. The fraction of sp³-hybridized carbons (Fsp3) is 0.818. The highest BCUT2D eigenvalue weighted by atomic mass is 16.7. The van der Waals surface area contributed by atoms with Gasteiger partial charge in [-0.2, -0.15) is 0 Å². The van der Waals surface area contributed by atoms with Crippen LogP contribution in [0.25, 0.3) is 0 Å². The third-order valence-electron chi connectivity index (χ3n) is 3.43. The van der Waals surface area contributed by atoms with E-state index in [1.54, 1.807) is 6.08 Å². The first-order valence-corrected chi connectivity index (χ1v) is 5.31. The van der Waals surface area contributed by atoms with Gasteiger partial charge in [0.2, 0.25) is 0 Å². The predicted molar refractivity (Wildman–Crippen MR) is 52.3 cm³/mol. The molecule has 0 aromatic rings. The van der Waals surface area contributed by atoms with Crippen LogP contribution < -0.4 is 0 Å². The lowest BCUT2D eigenvalue weighted by molar-refractivity contribution is -0.262. The third-order valence-corrected chi connectivity index (χ3v) is 3.43. The Morgan fingerprint density at radius 1 is 1.33 bits per heavy atom. The average molecular weight is 212 g/mol. The van der Waals surface area contributed by atoms with E-state index < -0.39 is 11.9 Å². The average Bonchev–Trinajstić information content (AvgIpc) is 2.82. The summed E-state index contributed by atoms with van der Waals surface area (Å²) >= 11 is 0. The van der Waals surface area contributed by atoms with Crippen LogP contribution in [0, 0.1) is 0 Å². The molecule has 2 saturated heterocycles. The molecule has 0 saturated carbocycles. The first-order valence-electron chi connectivity index (χ1n) is 5.31. The molecule has 1 aliphatic carbocycles. The molecule has 3 rings (SSSR count). The molecule has 0 unspecified atom stereocenters. The van der Waals surface area contributed by atoms with Crippen LogP contribution in [0.15, 0.2) is 11.6 Å². The van der Waals surface area contributed by atoms with Gasteiger partial charge in [0, 0.05) is 0 Å². The van der Waals surface area contributed by atoms with Crippen molar-refractivity contribution in [2.24, 2.45) is 0 Å². The first-order chi connectivity index (χ1) is 6.92. The van der Waals surface area contributed by atoms with E-state index in [1.165, 1.54) is 0 Å². The zero-order valence-corrected chi connectivity index (χ0v) is 9.19. The van der Waals surface area contributed by atoms with E-state index in [9.17, 15) is 5.11 Å². The zero-order valence-electron chi connectivity index (χ0n) is 9.19. The number of hydrogen-bond donors (Lipinski definition) is 1. The summed E-state index contributed by atoms with van der Waals surface area (Å²) in [5.41, 5.74) is 0.642. The van der Waals surface area contributed by atoms with Gasteiger partial charge in [0.25, 0.3) is 0 Å². The standard InChI is InChI=1S/C11H16O4/c1-10(2)13-5-6-4-7(12)9-11(3,15-9)8(6)14-10/h4,7-9,12H,5H2,1-3H3/t7-,8+,9+,11-/m1/s1. The quantitative estimate of drug-likeness (QED) is 0.472. The van der Waals surface area contributed by atoms with Gasteiger partial charge in [-0.05, 0) is 32.4 Å². The molecule has 0 aromatic heterocycles. The van der Waals surface area contributed by atoms with Crippen molar-refractivity contribution in [2.45, 2.75) is 50.5 Å². The van der Waals surface area contributed by atoms with Gasteiger partial charge in [-0.25, -0.2) is 0 Å². The second-order valence-corrected chi connectivity index (χ2v) is 5.14. The number of aliphatic hydroxyl groups excluding tert-OH is 1. The van der Waals surface area contributed by atoms with Gasteiger partial charge in [0.15, 0.2) is 5.79 Å². The Kier molecular flexibility index (Phi) is 1.72. The Morgan fingerprint density at radius 3 is 2.80 bits per heavy atom. The van der Waals surface area contributed by atoms with Crippen LogP contribution in [0.3, 0.4) is 0 Å². The Morgan fingerprint density at radius 2 is 2.07 bits per heavy atom. The van der Waals surface area contributed by atoms with Crippen molar-refractivity contribution in [3.05, 3.63) is 11.6 Å². The van der Waals surface area contributed by atoms with Crippen molar-refractivity contribution >= 4 is 0 Å². The topological polar surface area (TPSA) is 51.2 Å². The monoisotopic (exact) mass is 212 g/mol. The molecule has 2 fully saturated rings. The lowest BCUT2D eigenvalue weighted by Crippen LogP contribution is -2.51. The Hall–Kier alpha value is -0.420. The highest BCUT2D eigenvalue weighted by Crippen LogP contribution is 2.51. The minimum Gasteiger partial charge on any atom is -0.386 e. The molecule has 15 heavy (non-hydrogen) atoms. The molecule has 2 heterocycles. The van der Waals surface area contributed by atoms with Crippen LogP contribution in [0.4, 0.5) is 0 Å². The van der Waals surface area contributed by atoms with Crippen molar-refractivity contribution in [2.75, 3.05) is 6.61 Å². The summed E-state index contributed by atoms with van der Waals surface area (Å²) in [5.74, 6) is -0.566. The van der Waals surface area contributed by atoms with Crippen LogP contribution in [0.2, 0.25) is 0 Å². The van der Waals surface area contributed by atoms with Crippen LogP contribution in [0.1, 0.15) is 20.8 Å². The van der Waals surface area contributed by atoms with E-state index >= 15 is 0 Å². The van der Waals surface area contributed by atoms with Gasteiger partial charge in [-0.1, -0.05) is 0 Å². The Bertz CT molecular complexity index is 335. The summed E-state index contributed by atoms with van der Waals surface area (Å²) in [5, 5.41) is 9.74. The summed E-state index contributed by atoms with van der Waals surface area (Å²) in [4.78, 5) is 0. The maximum absolute atomic E-state index is 9.74. The van der Waals surface area contributed by atoms with E-state index in [4.69, 9.17) is 14.2 Å². The maximum atomic E-state index is 9.74. The van der Waals surface area contributed by atoms with Gasteiger partial charge in [0.05, 0.1) is 6.61 Å². The van der Waals surface area contributed by atoms with Gasteiger partial charge >= 0.3 is 0 Å². The number of aliphatic hydroxyl groups is 1. The second kappa shape index (κ2) is 2.63. The SMILES string of the molecule is CC1(C)OCC2=C[C@@H](O)[C@@H]3O[C@]3(C)[C@H]2O1. The highest BCUT2D eigenvalue weighted by molar-refractivity contribution is 5.31. The molecular weight excluding hydrogens is 196 g/mol. The first kappa shape index (κ1) is 9.78. The minimum atomic E-state index is -0.566. The molecule has 0 aromatic carbocycles. The fourth-order valence-electron chi connectivity index (χ4n) is 2.51. The molecular formula is C11H16O4. The van der Waals surface area contributed by atoms with Crippen molar-refractivity contribution < 1.29 is 19.3 Å². The zero-order chi connectivity index (χ0) is 10.8.